The summed E-state index contributed by atoms with van der Waals surface area (Å²) >= 11 is 0. The van der Waals surface area contributed by atoms with Crippen molar-refractivity contribution in [3.63, 3.8) is 0 Å². The Labute approximate surface area is 107 Å². The molecule has 1 aromatic carbocycles. The molecule has 1 rings (SSSR count). The van der Waals surface area contributed by atoms with Crippen LogP contribution < -0.4 is 4.74 Å². The molecule has 0 radical (unpaired) electrons. The Morgan fingerprint density at radius 2 is 1.83 bits per heavy atom. The average molecular weight is 250 g/mol. The minimum Gasteiger partial charge on any atom is -0.493 e. The highest BCUT2D eigenvalue weighted by molar-refractivity contribution is 5.95. The highest BCUT2D eigenvalue weighted by Gasteiger charge is 2.13. The molecule has 0 aliphatic heterocycles. The molecule has 1 unspecified atom stereocenters. The van der Waals surface area contributed by atoms with Crippen molar-refractivity contribution in [1.82, 2.24) is 0 Å². The van der Waals surface area contributed by atoms with Crippen molar-refractivity contribution >= 4 is 11.8 Å². The summed E-state index contributed by atoms with van der Waals surface area (Å²) in [6.45, 7) is 3.82. The van der Waals surface area contributed by atoms with E-state index in [1.807, 2.05) is 6.92 Å². The van der Waals surface area contributed by atoms with E-state index in [2.05, 4.69) is 4.74 Å². The Kier molecular flexibility index (Phi) is 5.36. The van der Waals surface area contributed by atoms with Crippen LogP contribution in [0.5, 0.6) is 5.75 Å². The number of hydrogen-bond acceptors (Lipinski definition) is 4. The van der Waals surface area contributed by atoms with Crippen molar-refractivity contribution in [3.8, 4) is 5.75 Å². The second kappa shape index (κ2) is 6.79. The SMILES string of the molecule is CCC(=O)c1ccc(OCC(C)C(=O)OC)cc1. The number of methoxy groups -OCH3 is 1. The zero-order valence-corrected chi connectivity index (χ0v) is 10.9. The van der Waals surface area contributed by atoms with E-state index < -0.39 is 0 Å². The molecule has 0 heterocycles. The van der Waals surface area contributed by atoms with Crippen LogP contribution in [0.4, 0.5) is 0 Å². The summed E-state index contributed by atoms with van der Waals surface area (Å²) in [6.07, 6.45) is 0.486. The maximum Gasteiger partial charge on any atom is 0.311 e. The van der Waals surface area contributed by atoms with Crippen LogP contribution in [-0.2, 0) is 9.53 Å². The highest BCUT2D eigenvalue weighted by atomic mass is 16.5. The number of carbonyl (C=O) groups excluding carboxylic acids is 2. The van der Waals surface area contributed by atoms with E-state index in [0.717, 1.165) is 0 Å². The van der Waals surface area contributed by atoms with Crippen molar-refractivity contribution in [2.24, 2.45) is 5.92 Å². The minimum absolute atomic E-state index is 0.101. The second-order valence-corrected chi connectivity index (χ2v) is 4.04. The maximum absolute atomic E-state index is 11.4. The monoisotopic (exact) mass is 250 g/mol. The fourth-order valence-corrected chi connectivity index (χ4v) is 1.43. The summed E-state index contributed by atoms with van der Waals surface area (Å²) in [5, 5.41) is 0. The number of ether oxygens (including phenoxy) is 2. The molecular formula is C14H18O4. The number of esters is 1. The van der Waals surface area contributed by atoms with Gasteiger partial charge in [0.15, 0.2) is 5.78 Å². The summed E-state index contributed by atoms with van der Waals surface area (Å²) in [7, 11) is 1.35. The van der Waals surface area contributed by atoms with Crippen LogP contribution in [-0.4, -0.2) is 25.5 Å². The van der Waals surface area contributed by atoms with Gasteiger partial charge >= 0.3 is 5.97 Å². The summed E-state index contributed by atoms with van der Waals surface area (Å²) in [4.78, 5) is 22.6. The second-order valence-electron chi connectivity index (χ2n) is 4.04. The number of hydrogen-bond donors (Lipinski definition) is 0. The summed E-state index contributed by atoms with van der Waals surface area (Å²) in [6, 6.07) is 6.91. The number of rotatable bonds is 6. The van der Waals surface area contributed by atoms with Gasteiger partial charge in [0.25, 0.3) is 0 Å². The normalized spacial score (nSPS) is 11.7. The first-order chi connectivity index (χ1) is 8.58. The van der Waals surface area contributed by atoms with Crippen LogP contribution in [0, 0.1) is 5.92 Å². The van der Waals surface area contributed by atoms with Gasteiger partial charge in [0.1, 0.15) is 12.4 Å². The van der Waals surface area contributed by atoms with Gasteiger partial charge in [-0.3, -0.25) is 9.59 Å². The van der Waals surface area contributed by atoms with Gasteiger partial charge in [-0.25, -0.2) is 0 Å². The third-order valence-corrected chi connectivity index (χ3v) is 2.60. The Bertz CT molecular complexity index is 408. The lowest BCUT2D eigenvalue weighted by Crippen LogP contribution is -2.19. The quantitative estimate of drug-likeness (QED) is 0.575. The Balaban J connectivity index is 2.54. The number of carbonyl (C=O) groups is 2. The average Bonchev–Trinajstić information content (AvgIpc) is 2.43. The predicted octanol–water partition coefficient (Wildman–Crippen LogP) is 2.47. The molecule has 0 aromatic heterocycles. The molecule has 1 aromatic rings. The Morgan fingerprint density at radius 3 is 2.33 bits per heavy atom. The molecule has 1 atom stereocenters. The smallest absolute Gasteiger partial charge is 0.311 e. The molecule has 0 aliphatic carbocycles. The maximum atomic E-state index is 11.4. The summed E-state index contributed by atoms with van der Waals surface area (Å²) in [5.41, 5.74) is 0.672. The molecule has 0 saturated carbocycles. The van der Waals surface area contributed by atoms with Crippen molar-refractivity contribution in [3.05, 3.63) is 29.8 Å². The lowest BCUT2D eigenvalue weighted by Gasteiger charge is -2.11. The number of Topliss-reactive ketones (excluding diaryl/α,β-unsaturated/α-hetero) is 1. The van der Waals surface area contributed by atoms with E-state index >= 15 is 0 Å². The summed E-state index contributed by atoms with van der Waals surface area (Å²) in [5.74, 6) is 0.127. The molecule has 0 bridgehead atoms. The van der Waals surface area contributed by atoms with Crippen molar-refractivity contribution in [2.75, 3.05) is 13.7 Å². The van der Waals surface area contributed by atoms with Gasteiger partial charge in [-0.2, -0.15) is 0 Å². The fraction of sp³-hybridized carbons (Fsp3) is 0.429. The predicted molar refractivity (Wildman–Crippen MR) is 67.7 cm³/mol. The van der Waals surface area contributed by atoms with Crippen LogP contribution in [0.25, 0.3) is 0 Å². The van der Waals surface area contributed by atoms with Crippen molar-refractivity contribution in [1.29, 1.82) is 0 Å². The molecule has 4 nitrogen and oxygen atoms in total. The largest absolute Gasteiger partial charge is 0.493 e. The zero-order chi connectivity index (χ0) is 13.5. The van der Waals surface area contributed by atoms with Gasteiger partial charge in [-0.15, -0.1) is 0 Å². The molecule has 0 N–H and O–H groups in total. The highest BCUT2D eigenvalue weighted by Crippen LogP contribution is 2.14. The third-order valence-electron chi connectivity index (χ3n) is 2.60. The molecule has 0 spiro atoms. The first kappa shape index (κ1) is 14.2. The molecular weight excluding hydrogens is 232 g/mol. The molecule has 4 heteroatoms. The van der Waals surface area contributed by atoms with Gasteiger partial charge in [0.05, 0.1) is 13.0 Å². The molecule has 0 aliphatic rings. The minimum atomic E-state index is -0.313. The van der Waals surface area contributed by atoms with E-state index in [0.29, 0.717) is 17.7 Å². The molecule has 0 saturated heterocycles. The van der Waals surface area contributed by atoms with Crippen LogP contribution >= 0.6 is 0 Å². The van der Waals surface area contributed by atoms with Gasteiger partial charge < -0.3 is 9.47 Å². The van der Waals surface area contributed by atoms with E-state index in [4.69, 9.17) is 4.74 Å². The van der Waals surface area contributed by atoms with Crippen LogP contribution in [0.3, 0.4) is 0 Å². The van der Waals surface area contributed by atoms with Gasteiger partial charge in [-0.1, -0.05) is 6.92 Å². The van der Waals surface area contributed by atoms with E-state index in [1.54, 1.807) is 31.2 Å². The molecule has 0 fully saturated rings. The number of ketones is 1. The van der Waals surface area contributed by atoms with E-state index in [9.17, 15) is 9.59 Å². The standard InChI is InChI=1S/C14H18O4/c1-4-13(15)11-5-7-12(8-6-11)18-9-10(2)14(16)17-3/h5-8,10H,4,9H2,1-3H3. The third kappa shape index (κ3) is 3.87. The molecule has 98 valence electrons. The van der Waals surface area contributed by atoms with Crippen LogP contribution in [0.15, 0.2) is 24.3 Å². The van der Waals surface area contributed by atoms with Crippen LogP contribution in [0.1, 0.15) is 30.6 Å². The van der Waals surface area contributed by atoms with Gasteiger partial charge in [-0.05, 0) is 31.2 Å². The van der Waals surface area contributed by atoms with E-state index in [-0.39, 0.29) is 24.3 Å². The van der Waals surface area contributed by atoms with E-state index in [1.165, 1.54) is 7.11 Å². The number of benzene rings is 1. The lowest BCUT2D eigenvalue weighted by atomic mass is 10.1. The first-order valence-corrected chi connectivity index (χ1v) is 5.92. The van der Waals surface area contributed by atoms with Gasteiger partial charge in [0.2, 0.25) is 0 Å². The zero-order valence-electron chi connectivity index (χ0n) is 10.9. The van der Waals surface area contributed by atoms with Crippen molar-refractivity contribution < 1.29 is 19.1 Å². The molecule has 0 amide bonds. The lowest BCUT2D eigenvalue weighted by molar-refractivity contribution is -0.145. The molecule has 18 heavy (non-hydrogen) atoms. The Hall–Kier alpha value is -1.84. The topological polar surface area (TPSA) is 52.6 Å². The first-order valence-electron chi connectivity index (χ1n) is 5.92. The van der Waals surface area contributed by atoms with Crippen molar-refractivity contribution in [2.45, 2.75) is 20.3 Å². The Morgan fingerprint density at radius 1 is 1.22 bits per heavy atom. The van der Waals surface area contributed by atoms with Gasteiger partial charge in [0, 0.05) is 12.0 Å². The van der Waals surface area contributed by atoms with Crippen LogP contribution in [0.2, 0.25) is 0 Å². The fourth-order valence-electron chi connectivity index (χ4n) is 1.43. The summed E-state index contributed by atoms with van der Waals surface area (Å²) < 4.78 is 10.0.